The summed E-state index contributed by atoms with van der Waals surface area (Å²) in [4.78, 5) is 18.4. The lowest BCUT2D eigenvalue weighted by Crippen LogP contribution is -2.37. The second-order valence-electron chi connectivity index (χ2n) is 6.93. The molecule has 6 heteroatoms. The Bertz CT molecular complexity index is 882. The Balaban J connectivity index is 1.48. The Morgan fingerprint density at radius 2 is 1.79 bits per heavy atom. The average Bonchev–Trinajstić information content (AvgIpc) is 3.31. The molecule has 152 valence electrons. The zero-order valence-electron chi connectivity index (χ0n) is 17.1. The summed E-state index contributed by atoms with van der Waals surface area (Å²) in [6.45, 7) is 3.39. The van der Waals surface area contributed by atoms with E-state index in [9.17, 15) is 4.79 Å². The summed E-state index contributed by atoms with van der Waals surface area (Å²) in [7, 11) is 3.41. The van der Waals surface area contributed by atoms with Crippen molar-refractivity contribution in [2.24, 2.45) is 4.99 Å². The molecule has 1 heterocycles. The van der Waals surface area contributed by atoms with E-state index in [4.69, 9.17) is 0 Å². The lowest BCUT2D eigenvalue weighted by atomic mass is 10.1. The predicted octanol–water partition coefficient (Wildman–Crippen LogP) is 2.33. The van der Waals surface area contributed by atoms with E-state index in [1.807, 2.05) is 24.3 Å². The first-order valence-electron chi connectivity index (χ1n) is 9.94. The number of rotatable bonds is 7. The van der Waals surface area contributed by atoms with Gasteiger partial charge < -0.3 is 20.9 Å². The molecule has 0 fully saturated rings. The topological polar surface area (TPSA) is 68.8 Å². The lowest BCUT2D eigenvalue weighted by molar-refractivity contribution is 0.0963. The minimum Gasteiger partial charge on any atom is -0.364 e. The van der Waals surface area contributed by atoms with Crippen molar-refractivity contribution in [2.75, 3.05) is 38.6 Å². The van der Waals surface area contributed by atoms with E-state index in [0.29, 0.717) is 12.1 Å². The SMILES string of the molecule is CN=C(NCCc1cccc(C(=O)NC)c1)NCc1cccc(N2CC=CC2)c1. The summed E-state index contributed by atoms with van der Waals surface area (Å²) in [6, 6.07) is 16.3. The first kappa shape index (κ1) is 20.5. The number of nitrogens with zero attached hydrogens (tertiary/aromatic N) is 2. The van der Waals surface area contributed by atoms with Gasteiger partial charge in [0.05, 0.1) is 0 Å². The zero-order chi connectivity index (χ0) is 20.5. The second kappa shape index (κ2) is 10.3. The van der Waals surface area contributed by atoms with Crippen LogP contribution in [-0.2, 0) is 13.0 Å². The minimum absolute atomic E-state index is 0.0655. The summed E-state index contributed by atoms with van der Waals surface area (Å²) < 4.78 is 0. The maximum atomic E-state index is 11.8. The third-order valence-corrected chi connectivity index (χ3v) is 4.90. The molecule has 0 aromatic heterocycles. The van der Waals surface area contributed by atoms with Gasteiger partial charge in [0.15, 0.2) is 5.96 Å². The quantitative estimate of drug-likeness (QED) is 0.385. The molecule has 0 unspecified atom stereocenters. The van der Waals surface area contributed by atoms with E-state index < -0.39 is 0 Å². The van der Waals surface area contributed by atoms with E-state index >= 15 is 0 Å². The number of guanidine groups is 1. The summed E-state index contributed by atoms with van der Waals surface area (Å²) in [5, 5.41) is 9.36. The van der Waals surface area contributed by atoms with Gasteiger partial charge in [-0.05, 0) is 41.8 Å². The molecule has 1 aliphatic heterocycles. The highest BCUT2D eigenvalue weighted by molar-refractivity contribution is 5.94. The number of aliphatic imine (C=N–C) groups is 1. The van der Waals surface area contributed by atoms with Gasteiger partial charge >= 0.3 is 0 Å². The smallest absolute Gasteiger partial charge is 0.251 e. The zero-order valence-corrected chi connectivity index (χ0v) is 17.1. The van der Waals surface area contributed by atoms with Gasteiger partial charge in [-0.25, -0.2) is 0 Å². The Kier molecular flexibility index (Phi) is 7.28. The molecule has 0 saturated carbocycles. The molecule has 0 bridgehead atoms. The first-order valence-corrected chi connectivity index (χ1v) is 9.94. The molecule has 2 aromatic rings. The summed E-state index contributed by atoms with van der Waals surface area (Å²) in [5.41, 5.74) is 4.26. The Labute approximate surface area is 172 Å². The van der Waals surface area contributed by atoms with Crippen LogP contribution in [-0.4, -0.2) is 45.6 Å². The summed E-state index contributed by atoms with van der Waals surface area (Å²) in [5.74, 6) is 0.699. The van der Waals surface area contributed by atoms with E-state index in [2.05, 4.69) is 62.3 Å². The van der Waals surface area contributed by atoms with Gasteiger partial charge in [-0.3, -0.25) is 9.79 Å². The highest BCUT2D eigenvalue weighted by Crippen LogP contribution is 2.18. The fourth-order valence-electron chi connectivity index (χ4n) is 3.30. The number of carbonyl (C=O) groups excluding carboxylic acids is 1. The number of carbonyl (C=O) groups is 1. The fourth-order valence-corrected chi connectivity index (χ4v) is 3.30. The van der Waals surface area contributed by atoms with Crippen molar-refractivity contribution in [1.82, 2.24) is 16.0 Å². The van der Waals surface area contributed by atoms with Crippen LogP contribution < -0.4 is 20.9 Å². The highest BCUT2D eigenvalue weighted by atomic mass is 16.1. The Morgan fingerprint density at radius 1 is 1.03 bits per heavy atom. The van der Waals surface area contributed by atoms with Crippen LogP contribution in [0.3, 0.4) is 0 Å². The molecule has 0 radical (unpaired) electrons. The van der Waals surface area contributed by atoms with Crippen LogP contribution in [0.5, 0.6) is 0 Å². The average molecular weight is 392 g/mol. The van der Waals surface area contributed by atoms with E-state index in [1.165, 1.54) is 11.3 Å². The number of benzene rings is 2. The van der Waals surface area contributed by atoms with Crippen LogP contribution in [0.1, 0.15) is 21.5 Å². The van der Waals surface area contributed by atoms with Crippen LogP contribution in [0.25, 0.3) is 0 Å². The monoisotopic (exact) mass is 391 g/mol. The highest BCUT2D eigenvalue weighted by Gasteiger charge is 2.08. The summed E-state index contributed by atoms with van der Waals surface area (Å²) in [6.07, 6.45) is 5.20. The van der Waals surface area contributed by atoms with Gasteiger partial charge in [-0.15, -0.1) is 0 Å². The summed E-state index contributed by atoms with van der Waals surface area (Å²) >= 11 is 0. The van der Waals surface area contributed by atoms with Crippen LogP contribution >= 0.6 is 0 Å². The van der Waals surface area contributed by atoms with Crippen molar-refractivity contribution in [3.63, 3.8) is 0 Å². The molecular weight excluding hydrogens is 362 g/mol. The largest absolute Gasteiger partial charge is 0.364 e. The molecule has 0 aliphatic carbocycles. The van der Waals surface area contributed by atoms with Crippen molar-refractivity contribution in [2.45, 2.75) is 13.0 Å². The van der Waals surface area contributed by atoms with E-state index in [0.717, 1.165) is 37.6 Å². The molecule has 3 N–H and O–H groups in total. The fraction of sp³-hybridized carbons (Fsp3) is 0.304. The molecule has 6 nitrogen and oxygen atoms in total. The van der Waals surface area contributed by atoms with Crippen LogP contribution in [0.15, 0.2) is 65.7 Å². The van der Waals surface area contributed by atoms with Crippen LogP contribution in [0, 0.1) is 0 Å². The lowest BCUT2D eigenvalue weighted by Gasteiger charge is -2.19. The first-order chi connectivity index (χ1) is 14.2. The molecular formula is C23H29N5O. The molecule has 2 aromatic carbocycles. The molecule has 3 rings (SSSR count). The normalized spacial score (nSPS) is 13.4. The maximum absolute atomic E-state index is 11.8. The van der Waals surface area contributed by atoms with Crippen molar-refractivity contribution in [3.8, 4) is 0 Å². The Hall–Kier alpha value is -3.28. The minimum atomic E-state index is -0.0655. The van der Waals surface area contributed by atoms with Crippen molar-refractivity contribution in [3.05, 3.63) is 77.4 Å². The second-order valence-corrected chi connectivity index (χ2v) is 6.93. The number of hydrogen-bond acceptors (Lipinski definition) is 3. The third kappa shape index (κ3) is 5.85. The van der Waals surface area contributed by atoms with Gasteiger partial charge in [0.25, 0.3) is 5.91 Å². The van der Waals surface area contributed by atoms with Gasteiger partial charge in [-0.2, -0.15) is 0 Å². The third-order valence-electron chi connectivity index (χ3n) is 4.90. The maximum Gasteiger partial charge on any atom is 0.251 e. The number of amides is 1. The standard InChI is InChI=1S/C23H29N5O/c1-24-22(29)20-9-5-7-18(15-20)11-12-26-23(25-2)27-17-19-8-6-10-21(16-19)28-13-3-4-14-28/h3-10,15-16H,11-14,17H2,1-2H3,(H,24,29)(H2,25,26,27). The van der Waals surface area contributed by atoms with Crippen molar-refractivity contribution < 1.29 is 4.79 Å². The molecule has 1 amide bonds. The number of anilines is 1. The van der Waals surface area contributed by atoms with E-state index in [1.54, 1.807) is 14.1 Å². The van der Waals surface area contributed by atoms with E-state index in [-0.39, 0.29) is 5.91 Å². The molecule has 0 atom stereocenters. The van der Waals surface area contributed by atoms with Crippen LogP contribution in [0.2, 0.25) is 0 Å². The molecule has 0 spiro atoms. The van der Waals surface area contributed by atoms with Gasteiger partial charge in [-0.1, -0.05) is 36.4 Å². The van der Waals surface area contributed by atoms with Crippen molar-refractivity contribution >= 4 is 17.6 Å². The van der Waals surface area contributed by atoms with Gasteiger partial charge in [0, 0.05) is 51.5 Å². The Morgan fingerprint density at radius 3 is 2.55 bits per heavy atom. The number of nitrogens with one attached hydrogen (secondary N) is 3. The molecule has 29 heavy (non-hydrogen) atoms. The number of hydrogen-bond donors (Lipinski definition) is 3. The molecule has 1 aliphatic rings. The molecule has 0 saturated heterocycles. The van der Waals surface area contributed by atoms with Crippen LogP contribution in [0.4, 0.5) is 5.69 Å². The van der Waals surface area contributed by atoms with Crippen molar-refractivity contribution in [1.29, 1.82) is 0 Å². The van der Waals surface area contributed by atoms with Gasteiger partial charge in [0.2, 0.25) is 0 Å². The predicted molar refractivity (Wildman–Crippen MR) is 120 cm³/mol. The van der Waals surface area contributed by atoms with Gasteiger partial charge in [0.1, 0.15) is 0 Å².